The van der Waals surface area contributed by atoms with Crippen LogP contribution in [-0.2, 0) is 11.2 Å². The summed E-state index contributed by atoms with van der Waals surface area (Å²) in [6.07, 6.45) is 0.877. The van der Waals surface area contributed by atoms with Crippen LogP contribution in [0.1, 0.15) is 45.7 Å². The van der Waals surface area contributed by atoms with Crippen molar-refractivity contribution in [1.82, 2.24) is 9.88 Å². The summed E-state index contributed by atoms with van der Waals surface area (Å²) in [6.45, 7) is 4.91. The summed E-state index contributed by atoms with van der Waals surface area (Å²) in [4.78, 5) is 18.2. The molecule has 0 aliphatic carbocycles. The molecule has 137 valence electrons. The number of nitrogens with zero attached hydrogens (tertiary/aromatic N) is 1. The first-order chi connectivity index (χ1) is 13.1. The van der Waals surface area contributed by atoms with Gasteiger partial charge in [0.15, 0.2) is 0 Å². The SMILES string of the molecule is Cc1cc(C(c2ccccc2)N2CCc3c[c]ccc3C2C(N)=O)c(C)[nH]1. The van der Waals surface area contributed by atoms with Crippen molar-refractivity contribution >= 4 is 5.91 Å². The molecule has 1 aliphatic rings. The Hall–Kier alpha value is -2.85. The highest BCUT2D eigenvalue weighted by atomic mass is 16.1. The fourth-order valence-electron chi connectivity index (χ4n) is 4.33. The number of hydrogen-bond donors (Lipinski definition) is 2. The highest BCUT2D eigenvalue weighted by Crippen LogP contribution is 2.40. The van der Waals surface area contributed by atoms with Gasteiger partial charge in [-0.3, -0.25) is 9.69 Å². The van der Waals surface area contributed by atoms with Gasteiger partial charge in [0.25, 0.3) is 0 Å². The molecular formula is C23H24N3O. The standard InChI is InChI=1S/C23H24N3O/c1-15-14-20(16(2)25-15)21(18-9-4-3-5-10-18)26-13-12-17-8-6-7-11-19(17)22(26)23(24)27/h3-5,7-11,14,21-22,25H,12-13H2,1-2H3,(H2,24,27). The summed E-state index contributed by atoms with van der Waals surface area (Å²) in [5.41, 5.74) is 12.7. The minimum Gasteiger partial charge on any atom is -0.368 e. The zero-order chi connectivity index (χ0) is 19.0. The van der Waals surface area contributed by atoms with Gasteiger partial charge < -0.3 is 10.7 Å². The van der Waals surface area contributed by atoms with Crippen LogP contribution in [-0.4, -0.2) is 22.3 Å². The fraction of sp³-hybridized carbons (Fsp3) is 0.261. The second-order valence-corrected chi connectivity index (χ2v) is 7.26. The van der Waals surface area contributed by atoms with Gasteiger partial charge in [0.05, 0.1) is 6.04 Å². The van der Waals surface area contributed by atoms with E-state index in [1.165, 1.54) is 5.56 Å². The zero-order valence-corrected chi connectivity index (χ0v) is 15.7. The first-order valence-corrected chi connectivity index (χ1v) is 9.31. The molecule has 1 aromatic heterocycles. The van der Waals surface area contributed by atoms with Crippen LogP contribution in [0.15, 0.2) is 54.6 Å². The molecule has 1 radical (unpaired) electrons. The smallest absolute Gasteiger partial charge is 0.239 e. The molecule has 0 saturated heterocycles. The Morgan fingerprint density at radius 3 is 2.70 bits per heavy atom. The molecule has 1 aliphatic heterocycles. The molecule has 4 nitrogen and oxygen atoms in total. The van der Waals surface area contributed by atoms with Crippen LogP contribution in [0.5, 0.6) is 0 Å². The average Bonchev–Trinajstić information content (AvgIpc) is 3.00. The van der Waals surface area contributed by atoms with E-state index >= 15 is 0 Å². The van der Waals surface area contributed by atoms with Gasteiger partial charge in [-0.15, -0.1) is 0 Å². The first-order valence-electron chi connectivity index (χ1n) is 9.31. The largest absolute Gasteiger partial charge is 0.368 e. The van der Waals surface area contributed by atoms with Gasteiger partial charge >= 0.3 is 0 Å². The molecule has 2 atom stereocenters. The minimum atomic E-state index is -0.455. The van der Waals surface area contributed by atoms with Gasteiger partial charge in [-0.05, 0) is 54.7 Å². The number of aromatic nitrogens is 1. The van der Waals surface area contributed by atoms with Crippen LogP contribution in [0.3, 0.4) is 0 Å². The number of carbonyl (C=O) groups excluding carboxylic acids is 1. The molecule has 4 heteroatoms. The molecule has 1 amide bonds. The van der Waals surface area contributed by atoms with Gasteiger partial charge in [-0.2, -0.15) is 0 Å². The van der Waals surface area contributed by atoms with Crippen molar-refractivity contribution in [3.05, 3.63) is 94.3 Å². The number of fused-ring (bicyclic) bond motifs is 1. The Morgan fingerprint density at radius 1 is 1.26 bits per heavy atom. The van der Waals surface area contributed by atoms with E-state index in [1.807, 2.05) is 36.4 Å². The number of H-pyrrole nitrogens is 1. The van der Waals surface area contributed by atoms with Crippen LogP contribution in [0.25, 0.3) is 0 Å². The quantitative estimate of drug-likeness (QED) is 0.748. The lowest BCUT2D eigenvalue weighted by Crippen LogP contribution is -2.44. The number of primary amides is 1. The molecular weight excluding hydrogens is 334 g/mol. The summed E-state index contributed by atoms with van der Waals surface area (Å²) >= 11 is 0. The molecule has 27 heavy (non-hydrogen) atoms. The number of hydrogen-bond acceptors (Lipinski definition) is 2. The van der Waals surface area contributed by atoms with Crippen molar-refractivity contribution in [3.8, 4) is 0 Å². The van der Waals surface area contributed by atoms with Gasteiger partial charge in [0.2, 0.25) is 5.91 Å². The van der Waals surface area contributed by atoms with E-state index in [2.05, 4.69) is 48.0 Å². The molecule has 0 saturated carbocycles. The Kier molecular flexibility index (Phi) is 4.58. The lowest BCUT2D eigenvalue weighted by Gasteiger charge is -2.41. The third-order valence-electron chi connectivity index (χ3n) is 5.45. The topological polar surface area (TPSA) is 62.1 Å². The Bertz CT molecular complexity index is 961. The second kappa shape index (κ2) is 7.05. The van der Waals surface area contributed by atoms with Crippen molar-refractivity contribution < 1.29 is 4.79 Å². The fourth-order valence-corrected chi connectivity index (χ4v) is 4.33. The van der Waals surface area contributed by atoms with Crippen LogP contribution in [0.2, 0.25) is 0 Å². The van der Waals surface area contributed by atoms with E-state index in [0.717, 1.165) is 41.0 Å². The van der Waals surface area contributed by atoms with Crippen LogP contribution >= 0.6 is 0 Å². The minimum absolute atomic E-state index is 0.0361. The third-order valence-corrected chi connectivity index (χ3v) is 5.45. The number of amides is 1. The van der Waals surface area contributed by atoms with Gasteiger partial charge in [-0.25, -0.2) is 0 Å². The molecule has 4 rings (SSSR count). The molecule has 2 aromatic carbocycles. The maximum Gasteiger partial charge on any atom is 0.239 e. The number of nitrogens with two attached hydrogens (primary N) is 1. The van der Waals surface area contributed by atoms with E-state index in [-0.39, 0.29) is 11.9 Å². The summed E-state index contributed by atoms with van der Waals surface area (Å²) in [6, 6.07) is 21.0. The van der Waals surface area contributed by atoms with Crippen LogP contribution in [0, 0.1) is 19.9 Å². The predicted molar refractivity (Wildman–Crippen MR) is 106 cm³/mol. The average molecular weight is 358 g/mol. The number of aryl methyl sites for hydroxylation is 2. The molecule has 3 N–H and O–H groups in total. The van der Waals surface area contributed by atoms with E-state index in [0.29, 0.717) is 0 Å². The van der Waals surface area contributed by atoms with Crippen molar-refractivity contribution in [2.75, 3.05) is 6.54 Å². The predicted octanol–water partition coefficient (Wildman–Crippen LogP) is 3.61. The number of carbonyl (C=O) groups is 1. The van der Waals surface area contributed by atoms with Crippen molar-refractivity contribution in [3.63, 3.8) is 0 Å². The number of nitrogens with one attached hydrogen (secondary N) is 1. The maximum atomic E-state index is 12.5. The Labute approximate surface area is 160 Å². The monoisotopic (exact) mass is 358 g/mol. The summed E-state index contributed by atoms with van der Waals surface area (Å²) in [7, 11) is 0. The van der Waals surface area contributed by atoms with Crippen LogP contribution in [0.4, 0.5) is 0 Å². The molecule has 0 bridgehead atoms. The third kappa shape index (κ3) is 3.17. The highest BCUT2D eigenvalue weighted by Gasteiger charge is 2.37. The number of rotatable bonds is 4. The van der Waals surface area contributed by atoms with E-state index in [1.54, 1.807) is 0 Å². The lowest BCUT2D eigenvalue weighted by molar-refractivity contribution is -0.124. The Morgan fingerprint density at radius 2 is 2.04 bits per heavy atom. The highest BCUT2D eigenvalue weighted by molar-refractivity contribution is 5.82. The van der Waals surface area contributed by atoms with E-state index in [9.17, 15) is 4.79 Å². The van der Waals surface area contributed by atoms with Crippen molar-refractivity contribution in [1.29, 1.82) is 0 Å². The molecule has 0 fully saturated rings. The molecule has 3 aromatic rings. The lowest BCUT2D eigenvalue weighted by atomic mass is 9.87. The number of aromatic amines is 1. The Balaban J connectivity index is 1.87. The molecule has 2 unspecified atom stereocenters. The summed E-state index contributed by atoms with van der Waals surface area (Å²) in [5.74, 6) is -0.312. The normalized spacial score (nSPS) is 18.1. The van der Waals surface area contributed by atoms with Gasteiger partial charge in [0, 0.05) is 17.9 Å². The number of benzene rings is 2. The first kappa shape index (κ1) is 17.6. The molecule has 0 spiro atoms. The second-order valence-electron chi connectivity index (χ2n) is 7.26. The van der Waals surface area contributed by atoms with E-state index < -0.39 is 6.04 Å². The maximum absolute atomic E-state index is 12.5. The zero-order valence-electron chi connectivity index (χ0n) is 15.7. The summed E-state index contributed by atoms with van der Waals surface area (Å²) < 4.78 is 0. The van der Waals surface area contributed by atoms with Crippen molar-refractivity contribution in [2.24, 2.45) is 5.73 Å². The molecule has 2 heterocycles. The van der Waals surface area contributed by atoms with Gasteiger partial charge in [0.1, 0.15) is 6.04 Å². The van der Waals surface area contributed by atoms with Gasteiger partial charge in [-0.1, -0.05) is 48.5 Å². The van der Waals surface area contributed by atoms with Crippen LogP contribution < -0.4 is 5.73 Å². The van der Waals surface area contributed by atoms with E-state index in [4.69, 9.17) is 5.73 Å². The summed E-state index contributed by atoms with van der Waals surface area (Å²) in [5, 5.41) is 0. The van der Waals surface area contributed by atoms with Crippen molar-refractivity contribution in [2.45, 2.75) is 32.4 Å².